The third kappa shape index (κ3) is 2.91. The van der Waals surface area contributed by atoms with Crippen LogP contribution >= 0.6 is 0 Å². The molecule has 1 aromatic carbocycles. The normalized spacial score (nSPS) is 18.9. The molecule has 1 heterocycles. The molecule has 108 valence electrons. The van der Waals surface area contributed by atoms with Crippen LogP contribution in [0.1, 0.15) is 23.2 Å². The maximum atomic E-state index is 12.2. The SMILES string of the molecule is CNC(=O)C1CCCN1CC(=O)c1ccc(O)cc1O. The second kappa shape index (κ2) is 5.92. The minimum Gasteiger partial charge on any atom is -0.508 e. The number of aromatic hydroxyl groups is 2. The van der Waals surface area contributed by atoms with E-state index in [1.807, 2.05) is 4.90 Å². The highest BCUT2D eigenvalue weighted by atomic mass is 16.3. The summed E-state index contributed by atoms with van der Waals surface area (Å²) >= 11 is 0. The number of carbonyl (C=O) groups is 2. The molecule has 20 heavy (non-hydrogen) atoms. The van der Waals surface area contributed by atoms with Crippen molar-refractivity contribution in [3.05, 3.63) is 23.8 Å². The second-order valence-corrected chi connectivity index (χ2v) is 4.87. The smallest absolute Gasteiger partial charge is 0.237 e. The first kappa shape index (κ1) is 14.3. The molecule has 1 aliphatic rings. The van der Waals surface area contributed by atoms with Crippen LogP contribution in [-0.4, -0.2) is 53.0 Å². The molecule has 3 N–H and O–H groups in total. The Labute approximate surface area is 117 Å². The van der Waals surface area contributed by atoms with Crippen molar-refractivity contribution in [1.82, 2.24) is 10.2 Å². The number of phenolic OH excluding ortho intramolecular Hbond substituents is 2. The number of benzene rings is 1. The van der Waals surface area contributed by atoms with Gasteiger partial charge in [-0.25, -0.2) is 0 Å². The van der Waals surface area contributed by atoms with Crippen molar-refractivity contribution in [2.45, 2.75) is 18.9 Å². The van der Waals surface area contributed by atoms with Crippen molar-refractivity contribution in [3.8, 4) is 11.5 Å². The van der Waals surface area contributed by atoms with Gasteiger partial charge in [0.15, 0.2) is 5.78 Å². The molecule has 0 spiro atoms. The average molecular weight is 278 g/mol. The van der Waals surface area contributed by atoms with Gasteiger partial charge in [0, 0.05) is 13.1 Å². The molecule has 6 heteroatoms. The van der Waals surface area contributed by atoms with Gasteiger partial charge in [0.2, 0.25) is 5.91 Å². The Balaban J connectivity index is 2.09. The van der Waals surface area contributed by atoms with Crippen LogP contribution in [-0.2, 0) is 4.79 Å². The Morgan fingerprint density at radius 3 is 2.80 bits per heavy atom. The number of nitrogens with one attached hydrogen (secondary N) is 1. The van der Waals surface area contributed by atoms with Gasteiger partial charge >= 0.3 is 0 Å². The number of hydrogen-bond donors (Lipinski definition) is 3. The zero-order valence-electron chi connectivity index (χ0n) is 11.3. The van der Waals surface area contributed by atoms with E-state index in [0.717, 1.165) is 18.9 Å². The van der Waals surface area contributed by atoms with E-state index in [9.17, 15) is 19.8 Å². The molecular formula is C14H18N2O4. The Kier molecular flexibility index (Phi) is 4.24. The monoisotopic (exact) mass is 278 g/mol. The lowest BCUT2D eigenvalue weighted by molar-refractivity contribution is -0.124. The molecule has 1 amide bonds. The molecule has 0 bridgehead atoms. The molecule has 1 aliphatic heterocycles. The van der Waals surface area contributed by atoms with E-state index >= 15 is 0 Å². The number of nitrogens with zero attached hydrogens (tertiary/aromatic N) is 1. The fourth-order valence-electron chi connectivity index (χ4n) is 2.50. The summed E-state index contributed by atoms with van der Waals surface area (Å²) in [5, 5.41) is 21.5. The van der Waals surface area contributed by atoms with Gasteiger partial charge in [-0.2, -0.15) is 0 Å². The molecular weight excluding hydrogens is 260 g/mol. The molecule has 1 saturated heterocycles. The Hall–Kier alpha value is -2.08. The van der Waals surface area contributed by atoms with Gasteiger partial charge < -0.3 is 15.5 Å². The first-order valence-electron chi connectivity index (χ1n) is 6.53. The summed E-state index contributed by atoms with van der Waals surface area (Å²) < 4.78 is 0. The van der Waals surface area contributed by atoms with Crippen molar-refractivity contribution in [2.24, 2.45) is 0 Å². The Morgan fingerprint density at radius 2 is 2.15 bits per heavy atom. The molecule has 1 fully saturated rings. The van der Waals surface area contributed by atoms with E-state index in [4.69, 9.17) is 0 Å². The highest BCUT2D eigenvalue weighted by Gasteiger charge is 2.31. The van der Waals surface area contributed by atoms with Crippen molar-refractivity contribution >= 4 is 11.7 Å². The molecule has 0 saturated carbocycles. The van der Waals surface area contributed by atoms with E-state index in [0.29, 0.717) is 6.54 Å². The van der Waals surface area contributed by atoms with Crippen LogP contribution in [0.25, 0.3) is 0 Å². The third-order valence-corrected chi connectivity index (χ3v) is 3.54. The zero-order chi connectivity index (χ0) is 14.7. The van der Waals surface area contributed by atoms with E-state index in [-0.39, 0.29) is 41.3 Å². The minimum atomic E-state index is -0.289. The van der Waals surface area contributed by atoms with Gasteiger partial charge in [0.1, 0.15) is 11.5 Å². The van der Waals surface area contributed by atoms with Gasteiger partial charge in [0.05, 0.1) is 18.2 Å². The van der Waals surface area contributed by atoms with Gasteiger partial charge in [-0.1, -0.05) is 0 Å². The second-order valence-electron chi connectivity index (χ2n) is 4.87. The summed E-state index contributed by atoms with van der Waals surface area (Å²) in [6.45, 7) is 0.763. The number of likely N-dealkylation sites (tertiary alicyclic amines) is 1. The number of carbonyl (C=O) groups excluding carboxylic acids is 2. The van der Waals surface area contributed by atoms with E-state index in [2.05, 4.69) is 5.32 Å². The van der Waals surface area contributed by atoms with Crippen LogP contribution < -0.4 is 5.32 Å². The molecule has 0 radical (unpaired) electrons. The predicted molar refractivity (Wildman–Crippen MR) is 72.8 cm³/mol. The topological polar surface area (TPSA) is 89.9 Å². The molecule has 1 aromatic rings. The Bertz CT molecular complexity index is 530. The fourth-order valence-corrected chi connectivity index (χ4v) is 2.50. The van der Waals surface area contributed by atoms with Crippen LogP contribution in [0.2, 0.25) is 0 Å². The van der Waals surface area contributed by atoms with E-state index in [1.165, 1.54) is 12.1 Å². The summed E-state index contributed by atoms with van der Waals surface area (Å²) in [7, 11) is 1.58. The van der Waals surface area contributed by atoms with Crippen LogP contribution in [0.4, 0.5) is 0 Å². The maximum absolute atomic E-state index is 12.2. The van der Waals surface area contributed by atoms with Gasteiger partial charge in [-0.3, -0.25) is 14.5 Å². The first-order valence-corrected chi connectivity index (χ1v) is 6.53. The average Bonchev–Trinajstić information content (AvgIpc) is 2.85. The lowest BCUT2D eigenvalue weighted by Gasteiger charge is -2.22. The lowest BCUT2D eigenvalue weighted by atomic mass is 10.1. The minimum absolute atomic E-state index is 0.0798. The first-order chi connectivity index (χ1) is 9.52. The fraction of sp³-hybridized carbons (Fsp3) is 0.429. The van der Waals surface area contributed by atoms with Crippen LogP contribution in [0.5, 0.6) is 11.5 Å². The third-order valence-electron chi connectivity index (χ3n) is 3.54. The van der Waals surface area contributed by atoms with Crippen molar-refractivity contribution < 1.29 is 19.8 Å². The number of hydrogen-bond acceptors (Lipinski definition) is 5. The molecule has 1 atom stereocenters. The summed E-state index contributed by atoms with van der Waals surface area (Å²) in [5.74, 6) is -0.697. The zero-order valence-corrected chi connectivity index (χ0v) is 11.3. The van der Waals surface area contributed by atoms with Crippen LogP contribution in [0, 0.1) is 0 Å². The molecule has 0 aliphatic carbocycles. The molecule has 0 aromatic heterocycles. The summed E-state index contributed by atoms with van der Waals surface area (Å²) in [5.41, 5.74) is 0.158. The number of amides is 1. The highest BCUT2D eigenvalue weighted by molar-refractivity contribution is 6.00. The Morgan fingerprint density at radius 1 is 1.40 bits per heavy atom. The number of rotatable bonds is 4. The highest BCUT2D eigenvalue weighted by Crippen LogP contribution is 2.24. The number of phenols is 2. The number of likely N-dealkylation sites (N-methyl/N-ethyl adjacent to an activating group) is 1. The standard InChI is InChI=1S/C14H18N2O4/c1-15-14(20)11-3-2-6-16(11)8-13(19)10-5-4-9(17)7-12(10)18/h4-5,7,11,17-18H,2-3,6,8H2,1H3,(H,15,20). The van der Waals surface area contributed by atoms with Gasteiger partial charge in [0.25, 0.3) is 0 Å². The largest absolute Gasteiger partial charge is 0.508 e. The van der Waals surface area contributed by atoms with Gasteiger partial charge in [-0.05, 0) is 31.5 Å². The number of Topliss-reactive ketones (excluding diaryl/α,β-unsaturated/α-hetero) is 1. The predicted octanol–water partition coefficient (Wildman–Crippen LogP) is 0.491. The molecule has 2 rings (SSSR count). The summed E-state index contributed by atoms with van der Waals surface area (Å²) in [6.07, 6.45) is 1.60. The maximum Gasteiger partial charge on any atom is 0.237 e. The van der Waals surface area contributed by atoms with E-state index in [1.54, 1.807) is 7.05 Å². The quantitative estimate of drug-likeness (QED) is 0.697. The van der Waals surface area contributed by atoms with Crippen LogP contribution in [0.15, 0.2) is 18.2 Å². The van der Waals surface area contributed by atoms with Crippen molar-refractivity contribution in [1.29, 1.82) is 0 Å². The molecule has 6 nitrogen and oxygen atoms in total. The van der Waals surface area contributed by atoms with Crippen molar-refractivity contribution in [2.75, 3.05) is 20.1 Å². The number of ketones is 1. The summed E-state index contributed by atoms with van der Waals surface area (Å²) in [6, 6.07) is 3.58. The van der Waals surface area contributed by atoms with E-state index < -0.39 is 0 Å². The summed E-state index contributed by atoms with van der Waals surface area (Å²) in [4.78, 5) is 25.7. The van der Waals surface area contributed by atoms with Gasteiger partial charge in [-0.15, -0.1) is 0 Å². The molecule has 1 unspecified atom stereocenters. The van der Waals surface area contributed by atoms with Crippen molar-refractivity contribution in [3.63, 3.8) is 0 Å². The van der Waals surface area contributed by atoms with Crippen LogP contribution in [0.3, 0.4) is 0 Å². The lowest BCUT2D eigenvalue weighted by Crippen LogP contribution is -2.44.